The van der Waals surface area contributed by atoms with Crippen molar-refractivity contribution in [2.24, 2.45) is 5.73 Å². The normalized spacial score (nSPS) is 12.1. The lowest BCUT2D eigenvalue weighted by Crippen LogP contribution is -2.33. The Bertz CT molecular complexity index is 536. The minimum absolute atomic E-state index is 0.0752. The van der Waals surface area contributed by atoms with Crippen molar-refractivity contribution in [3.8, 4) is 0 Å². The molecule has 0 saturated heterocycles. The van der Waals surface area contributed by atoms with E-state index in [1.165, 1.54) is 0 Å². The van der Waals surface area contributed by atoms with Crippen LogP contribution in [0.1, 0.15) is 11.1 Å². The highest BCUT2D eigenvalue weighted by Crippen LogP contribution is 2.12. The van der Waals surface area contributed by atoms with Crippen LogP contribution in [0.2, 0.25) is 0 Å². The van der Waals surface area contributed by atoms with Gasteiger partial charge in [-0.3, -0.25) is 4.79 Å². The second-order valence-corrected chi connectivity index (χ2v) is 5.48. The zero-order valence-electron chi connectivity index (χ0n) is 10.6. The number of hydrogen-bond donors (Lipinski definition) is 1. The maximum atomic E-state index is 12.1. The van der Waals surface area contributed by atoms with Crippen LogP contribution in [-0.2, 0) is 17.6 Å². The molecule has 0 saturated carbocycles. The topological polar surface area (TPSA) is 43.1 Å². The average Bonchev–Trinajstić information content (AvgIpc) is 2.42. The second kappa shape index (κ2) is 6.64. The van der Waals surface area contributed by atoms with Gasteiger partial charge in [0, 0.05) is 10.9 Å². The molecule has 0 aliphatic rings. The fraction of sp³-hybridized carbons (Fsp3) is 0.188. The van der Waals surface area contributed by atoms with Gasteiger partial charge in [0.2, 0.25) is 0 Å². The first kappa shape index (κ1) is 14.0. The van der Waals surface area contributed by atoms with Gasteiger partial charge in [-0.25, -0.2) is 0 Å². The van der Waals surface area contributed by atoms with E-state index in [-0.39, 0.29) is 5.78 Å². The molecular formula is C16H16BrNO. The van der Waals surface area contributed by atoms with Crippen LogP contribution in [0.15, 0.2) is 59.1 Å². The first-order valence-electron chi connectivity index (χ1n) is 6.22. The van der Waals surface area contributed by atoms with Crippen LogP contribution >= 0.6 is 15.9 Å². The lowest BCUT2D eigenvalue weighted by atomic mass is 9.99. The Labute approximate surface area is 121 Å². The van der Waals surface area contributed by atoms with Crippen molar-refractivity contribution in [2.75, 3.05) is 0 Å². The van der Waals surface area contributed by atoms with Crippen LogP contribution in [0, 0.1) is 0 Å². The summed E-state index contributed by atoms with van der Waals surface area (Å²) < 4.78 is 1.01. The van der Waals surface area contributed by atoms with E-state index >= 15 is 0 Å². The molecule has 2 rings (SSSR count). The minimum atomic E-state index is -0.439. The van der Waals surface area contributed by atoms with Gasteiger partial charge in [-0.15, -0.1) is 0 Å². The number of rotatable bonds is 5. The Morgan fingerprint density at radius 3 is 2.26 bits per heavy atom. The molecule has 0 spiro atoms. The largest absolute Gasteiger partial charge is 0.321 e. The standard InChI is InChI=1S/C16H16BrNO/c17-14-8-6-13(7-9-14)11-16(19)15(18)10-12-4-2-1-3-5-12/h1-9,15H,10-11,18H2. The highest BCUT2D eigenvalue weighted by molar-refractivity contribution is 9.10. The van der Waals surface area contributed by atoms with Crippen LogP contribution in [0.25, 0.3) is 0 Å². The van der Waals surface area contributed by atoms with Crippen LogP contribution in [0.4, 0.5) is 0 Å². The number of ketones is 1. The maximum Gasteiger partial charge on any atom is 0.154 e. The minimum Gasteiger partial charge on any atom is -0.321 e. The predicted molar refractivity (Wildman–Crippen MR) is 81.0 cm³/mol. The SMILES string of the molecule is NC(Cc1ccccc1)C(=O)Cc1ccc(Br)cc1. The number of hydrogen-bond acceptors (Lipinski definition) is 2. The number of benzene rings is 2. The number of Topliss-reactive ketones (excluding diaryl/α,β-unsaturated/α-hetero) is 1. The van der Waals surface area contributed by atoms with E-state index in [2.05, 4.69) is 15.9 Å². The molecule has 0 radical (unpaired) electrons. The summed E-state index contributed by atoms with van der Waals surface area (Å²) in [5.74, 6) is 0.0752. The molecule has 19 heavy (non-hydrogen) atoms. The van der Waals surface area contributed by atoms with E-state index in [0.717, 1.165) is 15.6 Å². The molecule has 2 nitrogen and oxygen atoms in total. The van der Waals surface area contributed by atoms with Crippen LogP contribution in [0.3, 0.4) is 0 Å². The monoisotopic (exact) mass is 317 g/mol. The first-order valence-corrected chi connectivity index (χ1v) is 7.01. The molecule has 0 amide bonds. The Hall–Kier alpha value is -1.45. The van der Waals surface area contributed by atoms with E-state index in [1.54, 1.807) is 0 Å². The maximum absolute atomic E-state index is 12.1. The van der Waals surface area contributed by atoms with Gasteiger partial charge in [0.1, 0.15) is 0 Å². The van der Waals surface area contributed by atoms with E-state index in [1.807, 2.05) is 54.6 Å². The zero-order chi connectivity index (χ0) is 13.7. The van der Waals surface area contributed by atoms with E-state index in [0.29, 0.717) is 12.8 Å². The van der Waals surface area contributed by atoms with Gasteiger partial charge < -0.3 is 5.73 Å². The second-order valence-electron chi connectivity index (χ2n) is 4.57. The Morgan fingerprint density at radius 2 is 1.63 bits per heavy atom. The molecule has 0 fully saturated rings. The number of nitrogens with two attached hydrogens (primary N) is 1. The van der Waals surface area contributed by atoms with Crippen molar-refractivity contribution in [2.45, 2.75) is 18.9 Å². The summed E-state index contributed by atoms with van der Waals surface area (Å²) in [5, 5.41) is 0. The van der Waals surface area contributed by atoms with Gasteiger partial charge in [0.25, 0.3) is 0 Å². The summed E-state index contributed by atoms with van der Waals surface area (Å²) in [5.41, 5.74) is 8.06. The molecule has 2 N–H and O–H groups in total. The van der Waals surface area contributed by atoms with Crippen molar-refractivity contribution >= 4 is 21.7 Å². The van der Waals surface area contributed by atoms with Crippen molar-refractivity contribution in [1.29, 1.82) is 0 Å². The number of carbonyl (C=O) groups is 1. The molecule has 1 atom stereocenters. The van der Waals surface area contributed by atoms with Crippen molar-refractivity contribution < 1.29 is 4.79 Å². The summed E-state index contributed by atoms with van der Waals surface area (Å²) in [6.45, 7) is 0. The highest BCUT2D eigenvalue weighted by Gasteiger charge is 2.14. The molecule has 0 aliphatic heterocycles. The lowest BCUT2D eigenvalue weighted by Gasteiger charge is -2.10. The molecule has 3 heteroatoms. The van der Waals surface area contributed by atoms with Crippen molar-refractivity contribution in [3.05, 3.63) is 70.2 Å². The van der Waals surface area contributed by atoms with E-state index in [9.17, 15) is 4.79 Å². The predicted octanol–water partition coefficient (Wildman–Crippen LogP) is 3.13. The third-order valence-electron chi connectivity index (χ3n) is 3.00. The lowest BCUT2D eigenvalue weighted by molar-refractivity contribution is -0.119. The highest BCUT2D eigenvalue weighted by atomic mass is 79.9. The number of halogens is 1. The Kier molecular flexibility index (Phi) is 4.88. The van der Waals surface area contributed by atoms with Gasteiger partial charge in [-0.2, -0.15) is 0 Å². The summed E-state index contributed by atoms with van der Waals surface area (Å²) in [6, 6.07) is 17.2. The number of carbonyl (C=O) groups excluding carboxylic acids is 1. The molecule has 98 valence electrons. The van der Waals surface area contributed by atoms with E-state index < -0.39 is 6.04 Å². The molecule has 1 unspecified atom stereocenters. The average molecular weight is 318 g/mol. The molecule has 0 heterocycles. The Balaban J connectivity index is 1.94. The van der Waals surface area contributed by atoms with Crippen LogP contribution in [-0.4, -0.2) is 11.8 Å². The quantitative estimate of drug-likeness (QED) is 0.920. The smallest absolute Gasteiger partial charge is 0.154 e. The molecule has 2 aromatic carbocycles. The third-order valence-corrected chi connectivity index (χ3v) is 3.53. The van der Waals surface area contributed by atoms with Crippen molar-refractivity contribution in [3.63, 3.8) is 0 Å². The molecule has 2 aromatic rings. The fourth-order valence-corrected chi connectivity index (χ4v) is 2.18. The fourth-order valence-electron chi connectivity index (χ4n) is 1.92. The summed E-state index contributed by atoms with van der Waals surface area (Å²) in [4.78, 5) is 12.1. The van der Waals surface area contributed by atoms with Crippen molar-refractivity contribution in [1.82, 2.24) is 0 Å². The van der Waals surface area contributed by atoms with Gasteiger partial charge in [-0.05, 0) is 29.7 Å². The Morgan fingerprint density at radius 1 is 1.00 bits per heavy atom. The molecular weight excluding hydrogens is 302 g/mol. The molecule has 0 aliphatic carbocycles. The summed E-state index contributed by atoms with van der Waals surface area (Å²) >= 11 is 3.38. The zero-order valence-corrected chi connectivity index (χ0v) is 12.1. The van der Waals surface area contributed by atoms with E-state index in [4.69, 9.17) is 5.73 Å². The summed E-state index contributed by atoms with van der Waals surface area (Å²) in [6.07, 6.45) is 0.984. The molecule has 0 aromatic heterocycles. The molecule has 0 bridgehead atoms. The first-order chi connectivity index (χ1) is 9.15. The van der Waals surface area contributed by atoms with Crippen LogP contribution in [0.5, 0.6) is 0 Å². The van der Waals surface area contributed by atoms with Gasteiger partial charge in [0.15, 0.2) is 5.78 Å². The third kappa shape index (κ3) is 4.30. The van der Waals surface area contributed by atoms with Gasteiger partial charge >= 0.3 is 0 Å². The van der Waals surface area contributed by atoms with Gasteiger partial charge in [0.05, 0.1) is 6.04 Å². The summed E-state index contributed by atoms with van der Waals surface area (Å²) in [7, 11) is 0. The van der Waals surface area contributed by atoms with Gasteiger partial charge in [-0.1, -0.05) is 58.4 Å². The van der Waals surface area contributed by atoms with Crippen LogP contribution < -0.4 is 5.73 Å².